The highest BCUT2D eigenvalue weighted by Crippen LogP contribution is 2.39. The zero-order chi connectivity index (χ0) is 11.8. The number of nitrogens with zero attached hydrogens (tertiary/aromatic N) is 1. The van der Waals surface area contributed by atoms with Crippen molar-refractivity contribution < 1.29 is 0 Å². The van der Waals surface area contributed by atoms with Gasteiger partial charge in [0.05, 0.1) is 5.69 Å². The third-order valence-corrected chi connectivity index (χ3v) is 4.56. The van der Waals surface area contributed by atoms with Gasteiger partial charge in [0.2, 0.25) is 0 Å². The van der Waals surface area contributed by atoms with Gasteiger partial charge in [-0.25, -0.2) is 4.98 Å². The highest BCUT2D eigenvalue weighted by Gasteiger charge is 2.26. The summed E-state index contributed by atoms with van der Waals surface area (Å²) in [6.45, 7) is 2.84. The highest BCUT2D eigenvalue weighted by molar-refractivity contribution is 7.15. The number of fused-ring (bicyclic) bond motifs is 1. The Morgan fingerprint density at radius 2 is 2.35 bits per heavy atom. The van der Waals surface area contributed by atoms with E-state index in [1.807, 2.05) is 11.3 Å². The van der Waals surface area contributed by atoms with Crippen LogP contribution in [0.25, 0.3) is 10.6 Å². The van der Waals surface area contributed by atoms with Crippen LogP contribution in [-0.2, 0) is 6.42 Å². The van der Waals surface area contributed by atoms with Crippen LogP contribution in [0.5, 0.6) is 0 Å². The van der Waals surface area contributed by atoms with Crippen molar-refractivity contribution in [3.8, 4) is 10.6 Å². The summed E-state index contributed by atoms with van der Waals surface area (Å²) in [4.78, 5) is 6.23. The van der Waals surface area contributed by atoms with Gasteiger partial charge in [-0.15, -0.1) is 11.3 Å². The molecule has 0 spiro atoms. The molecule has 0 saturated heterocycles. The molecule has 17 heavy (non-hydrogen) atoms. The van der Waals surface area contributed by atoms with Crippen LogP contribution in [0.2, 0.25) is 0 Å². The summed E-state index contributed by atoms with van der Waals surface area (Å²) in [6, 6.07) is 8.55. The van der Waals surface area contributed by atoms with Gasteiger partial charge in [-0.05, 0) is 25.8 Å². The average molecular weight is 244 g/mol. The van der Waals surface area contributed by atoms with E-state index in [9.17, 15) is 0 Å². The molecule has 1 aromatic heterocycles. The fraction of sp³-hybridized carbons (Fsp3) is 0.357. The van der Waals surface area contributed by atoms with Crippen LogP contribution in [0.1, 0.15) is 28.5 Å². The fourth-order valence-electron chi connectivity index (χ4n) is 2.43. The molecule has 1 unspecified atom stereocenters. The molecule has 2 N–H and O–H groups in total. The van der Waals surface area contributed by atoms with Crippen molar-refractivity contribution in [1.29, 1.82) is 0 Å². The van der Waals surface area contributed by atoms with Crippen LogP contribution in [0.15, 0.2) is 24.3 Å². The summed E-state index contributed by atoms with van der Waals surface area (Å²) in [5, 5.41) is 1.15. The Balaban J connectivity index is 2.01. The molecule has 1 aliphatic carbocycles. The van der Waals surface area contributed by atoms with Crippen LogP contribution in [0.3, 0.4) is 0 Å². The van der Waals surface area contributed by atoms with Crippen molar-refractivity contribution in [1.82, 2.24) is 4.98 Å². The standard InChI is InChI=1S/C14H16N2S/c1-9-3-2-4-10(7-9)14-16-13-11(8-15)5-6-12(13)17-14/h2-4,7,11H,5-6,8,15H2,1H3. The molecule has 0 radical (unpaired) electrons. The van der Waals surface area contributed by atoms with E-state index < -0.39 is 0 Å². The molecule has 0 amide bonds. The molecule has 0 aliphatic heterocycles. The maximum Gasteiger partial charge on any atom is 0.123 e. The monoisotopic (exact) mass is 244 g/mol. The first kappa shape index (κ1) is 10.9. The lowest BCUT2D eigenvalue weighted by atomic mass is 10.1. The summed E-state index contributed by atoms with van der Waals surface area (Å²) < 4.78 is 0. The lowest BCUT2D eigenvalue weighted by Gasteiger charge is -2.04. The van der Waals surface area contributed by atoms with E-state index >= 15 is 0 Å². The van der Waals surface area contributed by atoms with E-state index in [1.54, 1.807) is 0 Å². The molecule has 0 saturated carbocycles. The predicted molar refractivity (Wildman–Crippen MR) is 72.4 cm³/mol. The number of benzene rings is 1. The smallest absolute Gasteiger partial charge is 0.123 e. The van der Waals surface area contributed by atoms with E-state index in [4.69, 9.17) is 10.7 Å². The lowest BCUT2D eigenvalue weighted by molar-refractivity contribution is 0.675. The second-order valence-corrected chi connectivity index (χ2v) is 5.75. The summed E-state index contributed by atoms with van der Waals surface area (Å²) in [5.41, 5.74) is 9.57. The predicted octanol–water partition coefficient (Wildman–Crippen LogP) is 3.11. The van der Waals surface area contributed by atoms with Gasteiger partial charge in [-0.2, -0.15) is 0 Å². The molecule has 3 rings (SSSR count). The van der Waals surface area contributed by atoms with Crippen molar-refractivity contribution in [2.75, 3.05) is 6.54 Å². The number of hydrogen-bond donors (Lipinski definition) is 1. The summed E-state index contributed by atoms with van der Waals surface area (Å²) in [7, 11) is 0. The number of aromatic nitrogens is 1. The van der Waals surface area contributed by atoms with Crippen molar-refractivity contribution in [3.63, 3.8) is 0 Å². The SMILES string of the molecule is Cc1cccc(-c2nc3c(s2)CCC3CN)c1. The first-order valence-electron chi connectivity index (χ1n) is 6.04. The average Bonchev–Trinajstić information content (AvgIpc) is 2.87. The Kier molecular flexibility index (Phi) is 2.73. The zero-order valence-corrected chi connectivity index (χ0v) is 10.8. The second kappa shape index (κ2) is 4.24. The summed E-state index contributed by atoms with van der Waals surface area (Å²) in [6.07, 6.45) is 2.33. The van der Waals surface area contributed by atoms with Gasteiger partial charge in [0.1, 0.15) is 5.01 Å². The van der Waals surface area contributed by atoms with Crippen molar-refractivity contribution >= 4 is 11.3 Å². The Morgan fingerprint density at radius 3 is 3.12 bits per heavy atom. The second-order valence-electron chi connectivity index (χ2n) is 4.67. The van der Waals surface area contributed by atoms with Gasteiger partial charge in [-0.1, -0.05) is 23.8 Å². The molecule has 88 valence electrons. The van der Waals surface area contributed by atoms with Crippen LogP contribution >= 0.6 is 11.3 Å². The minimum absolute atomic E-state index is 0.486. The molecule has 1 atom stereocenters. The third kappa shape index (κ3) is 1.90. The van der Waals surface area contributed by atoms with Crippen LogP contribution in [-0.4, -0.2) is 11.5 Å². The molecule has 0 fully saturated rings. The molecule has 0 bridgehead atoms. The molecule has 1 heterocycles. The summed E-state index contributed by atoms with van der Waals surface area (Å²) >= 11 is 1.84. The topological polar surface area (TPSA) is 38.9 Å². The largest absolute Gasteiger partial charge is 0.330 e. The van der Waals surface area contributed by atoms with Gasteiger partial charge in [0.25, 0.3) is 0 Å². The maximum absolute atomic E-state index is 5.79. The Morgan fingerprint density at radius 1 is 1.47 bits per heavy atom. The molecular weight excluding hydrogens is 228 g/mol. The number of nitrogens with two attached hydrogens (primary N) is 1. The quantitative estimate of drug-likeness (QED) is 0.881. The molecule has 3 heteroatoms. The lowest BCUT2D eigenvalue weighted by Crippen LogP contribution is -2.09. The number of rotatable bonds is 2. The van der Waals surface area contributed by atoms with Crippen molar-refractivity contribution in [3.05, 3.63) is 40.4 Å². The van der Waals surface area contributed by atoms with Crippen LogP contribution in [0, 0.1) is 6.92 Å². The Hall–Kier alpha value is -1.19. The van der Waals surface area contributed by atoms with E-state index in [1.165, 1.54) is 28.1 Å². The molecule has 1 aliphatic rings. The minimum atomic E-state index is 0.486. The van der Waals surface area contributed by atoms with Gasteiger partial charge >= 0.3 is 0 Å². The highest BCUT2D eigenvalue weighted by atomic mass is 32.1. The van der Waals surface area contributed by atoms with E-state index in [2.05, 4.69) is 31.2 Å². The third-order valence-electron chi connectivity index (χ3n) is 3.38. The van der Waals surface area contributed by atoms with Crippen LogP contribution < -0.4 is 5.73 Å². The first-order chi connectivity index (χ1) is 8.28. The molecule has 2 aromatic rings. The van der Waals surface area contributed by atoms with E-state index in [0.29, 0.717) is 5.92 Å². The Bertz CT molecular complexity index is 545. The zero-order valence-electron chi connectivity index (χ0n) is 9.94. The first-order valence-corrected chi connectivity index (χ1v) is 6.86. The van der Waals surface area contributed by atoms with Gasteiger partial charge in [0, 0.05) is 22.9 Å². The maximum atomic E-state index is 5.79. The van der Waals surface area contributed by atoms with Gasteiger partial charge in [-0.3, -0.25) is 0 Å². The van der Waals surface area contributed by atoms with Crippen molar-refractivity contribution in [2.45, 2.75) is 25.7 Å². The van der Waals surface area contributed by atoms with Gasteiger partial charge < -0.3 is 5.73 Å². The minimum Gasteiger partial charge on any atom is -0.330 e. The fourth-order valence-corrected chi connectivity index (χ4v) is 3.59. The Labute approximate surface area is 106 Å². The van der Waals surface area contributed by atoms with Crippen molar-refractivity contribution in [2.24, 2.45) is 5.73 Å². The van der Waals surface area contributed by atoms with E-state index in [-0.39, 0.29) is 0 Å². The number of aryl methyl sites for hydroxylation is 2. The normalized spacial score (nSPS) is 18.4. The van der Waals surface area contributed by atoms with Gasteiger partial charge in [0.15, 0.2) is 0 Å². The number of hydrogen-bond acceptors (Lipinski definition) is 3. The molecule has 2 nitrogen and oxygen atoms in total. The van der Waals surface area contributed by atoms with Crippen LogP contribution in [0.4, 0.5) is 0 Å². The summed E-state index contributed by atoms with van der Waals surface area (Å²) in [5.74, 6) is 0.486. The van der Waals surface area contributed by atoms with E-state index in [0.717, 1.165) is 18.0 Å². The molecular formula is C14H16N2S. The number of thiazole rings is 1. The molecule has 1 aromatic carbocycles.